The molecule has 0 spiro atoms. The molecular weight excluding hydrogens is 263 g/mol. The van der Waals surface area contributed by atoms with Gasteiger partial charge in [-0.25, -0.2) is 4.39 Å². The molecule has 0 N–H and O–H groups in total. The van der Waals surface area contributed by atoms with Crippen molar-refractivity contribution in [2.75, 3.05) is 0 Å². The van der Waals surface area contributed by atoms with Crippen molar-refractivity contribution in [2.24, 2.45) is 0 Å². The molecule has 0 radical (unpaired) electrons. The minimum Gasteiger partial charge on any atom is -0.449 e. The summed E-state index contributed by atoms with van der Waals surface area (Å²) in [6.45, 7) is 1.81. The molecule has 0 bridgehead atoms. The summed E-state index contributed by atoms with van der Waals surface area (Å²) in [5, 5.41) is 19.9. The molecule has 20 heavy (non-hydrogen) atoms. The largest absolute Gasteiger partial charge is 0.449 e. The SMILES string of the molecule is Cc1ccc(Oc2ccc(F)cc2[N+](=O)[O-])c(C#N)c1. The molecule has 0 amide bonds. The Balaban J connectivity index is 2.45. The number of nitro benzene ring substituents is 1. The first kappa shape index (κ1) is 13.5. The highest BCUT2D eigenvalue weighted by molar-refractivity contribution is 5.52. The third-order valence-electron chi connectivity index (χ3n) is 2.59. The molecule has 0 unspecified atom stereocenters. The summed E-state index contributed by atoms with van der Waals surface area (Å²) >= 11 is 0. The highest BCUT2D eigenvalue weighted by Crippen LogP contribution is 2.33. The van der Waals surface area contributed by atoms with Gasteiger partial charge in [0.15, 0.2) is 0 Å². The van der Waals surface area contributed by atoms with Crippen LogP contribution in [0, 0.1) is 34.2 Å². The summed E-state index contributed by atoms with van der Waals surface area (Å²) in [5.74, 6) is -0.655. The average Bonchev–Trinajstić information content (AvgIpc) is 2.42. The van der Waals surface area contributed by atoms with Crippen molar-refractivity contribution in [3.05, 3.63) is 63.5 Å². The predicted octanol–water partition coefficient (Wildman–Crippen LogP) is 3.71. The zero-order valence-electron chi connectivity index (χ0n) is 10.5. The van der Waals surface area contributed by atoms with E-state index in [4.69, 9.17) is 10.00 Å². The van der Waals surface area contributed by atoms with Gasteiger partial charge in [-0.15, -0.1) is 0 Å². The van der Waals surface area contributed by atoms with Gasteiger partial charge in [0.05, 0.1) is 16.6 Å². The van der Waals surface area contributed by atoms with Crippen LogP contribution >= 0.6 is 0 Å². The van der Waals surface area contributed by atoms with Gasteiger partial charge in [0.25, 0.3) is 0 Å². The monoisotopic (exact) mass is 272 g/mol. The van der Waals surface area contributed by atoms with E-state index >= 15 is 0 Å². The predicted molar refractivity (Wildman–Crippen MR) is 69.0 cm³/mol. The van der Waals surface area contributed by atoms with Crippen LogP contribution in [0.3, 0.4) is 0 Å². The van der Waals surface area contributed by atoms with Crippen LogP contribution in [-0.4, -0.2) is 4.92 Å². The molecule has 0 aliphatic carbocycles. The highest BCUT2D eigenvalue weighted by Gasteiger charge is 2.18. The highest BCUT2D eigenvalue weighted by atomic mass is 19.1. The van der Waals surface area contributed by atoms with Crippen molar-refractivity contribution in [3.63, 3.8) is 0 Å². The molecule has 0 aliphatic rings. The molecule has 0 heterocycles. The Morgan fingerprint density at radius 1 is 1.25 bits per heavy atom. The van der Waals surface area contributed by atoms with Gasteiger partial charge in [0.1, 0.15) is 17.6 Å². The molecule has 0 aromatic heterocycles. The molecular formula is C14H9FN2O3. The molecule has 6 heteroatoms. The zero-order chi connectivity index (χ0) is 14.7. The molecule has 2 aromatic carbocycles. The Bertz CT molecular complexity index is 723. The van der Waals surface area contributed by atoms with Crippen LogP contribution in [0.25, 0.3) is 0 Å². The number of nitro groups is 1. The lowest BCUT2D eigenvalue weighted by Gasteiger charge is -2.08. The van der Waals surface area contributed by atoms with Crippen molar-refractivity contribution in [3.8, 4) is 17.6 Å². The first-order valence-corrected chi connectivity index (χ1v) is 5.64. The summed E-state index contributed by atoms with van der Waals surface area (Å²) in [6.07, 6.45) is 0. The molecule has 2 aromatic rings. The Morgan fingerprint density at radius 3 is 2.60 bits per heavy atom. The van der Waals surface area contributed by atoms with Gasteiger partial charge in [-0.3, -0.25) is 10.1 Å². The normalized spacial score (nSPS) is 9.85. The van der Waals surface area contributed by atoms with Crippen molar-refractivity contribution in [1.29, 1.82) is 5.26 Å². The zero-order valence-corrected chi connectivity index (χ0v) is 10.5. The average molecular weight is 272 g/mol. The number of aryl methyl sites for hydroxylation is 1. The van der Waals surface area contributed by atoms with Crippen molar-refractivity contribution >= 4 is 5.69 Å². The van der Waals surface area contributed by atoms with Gasteiger partial charge in [0.2, 0.25) is 5.75 Å². The topological polar surface area (TPSA) is 76.2 Å². The summed E-state index contributed by atoms with van der Waals surface area (Å²) < 4.78 is 18.4. The summed E-state index contributed by atoms with van der Waals surface area (Å²) in [5.41, 5.74) is 0.626. The minimum atomic E-state index is -0.737. The maximum atomic E-state index is 13.0. The van der Waals surface area contributed by atoms with Crippen LogP contribution < -0.4 is 4.74 Å². The molecule has 5 nitrogen and oxygen atoms in total. The smallest absolute Gasteiger partial charge is 0.314 e. The molecule has 0 saturated heterocycles. The fourth-order valence-corrected chi connectivity index (χ4v) is 1.66. The quantitative estimate of drug-likeness (QED) is 0.630. The van der Waals surface area contributed by atoms with E-state index in [-0.39, 0.29) is 17.1 Å². The van der Waals surface area contributed by atoms with Gasteiger partial charge in [0, 0.05) is 0 Å². The van der Waals surface area contributed by atoms with E-state index in [0.717, 1.165) is 23.8 Å². The number of nitrogens with zero attached hydrogens (tertiary/aromatic N) is 2. The Morgan fingerprint density at radius 2 is 1.95 bits per heavy atom. The van der Waals surface area contributed by atoms with Crippen molar-refractivity contribution in [1.82, 2.24) is 0 Å². The maximum Gasteiger partial charge on any atom is 0.314 e. The van der Waals surface area contributed by atoms with E-state index < -0.39 is 16.4 Å². The number of nitriles is 1. The van der Waals surface area contributed by atoms with Gasteiger partial charge in [-0.05, 0) is 36.8 Å². The lowest BCUT2D eigenvalue weighted by Crippen LogP contribution is -1.96. The minimum absolute atomic E-state index is 0.114. The molecule has 0 fully saturated rings. The third kappa shape index (κ3) is 2.72. The number of hydrogen-bond donors (Lipinski definition) is 0. The number of benzene rings is 2. The first-order chi connectivity index (χ1) is 9.51. The molecule has 0 atom stereocenters. The summed E-state index contributed by atoms with van der Waals surface area (Å²) in [4.78, 5) is 10.1. The Labute approximate surface area is 114 Å². The third-order valence-corrected chi connectivity index (χ3v) is 2.59. The van der Waals surface area contributed by atoms with Crippen LogP contribution in [0.5, 0.6) is 11.5 Å². The van der Waals surface area contributed by atoms with E-state index in [9.17, 15) is 14.5 Å². The summed E-state index contributed by atoms with van der Waals surface area (Å²) in [6, 6.07) is 9.80. The molecule has 0 aliphatic heterocycles. The molecule has 2 rings (SSSR count). The van der Waals surface area contributed by atoms with Gasteiger partial charge >= 0.3 is 5.69 Å². The summed E-state index contributed by atoms with van der Waals surface area (Å²) in [7, 11) is 0. The first-order valence-electron chi connectivity index (χ1n) is 5.64. The van der Waals surface area contributed by atoms with Crippen LogP contribution in [0.15, 0.2) is 36.4 Å². The Hall–Kier alpha value is -2.94. The van der Waals surface area contributed by atoms with Crippen LogP contribution in [0.1, 0.15) is 11.1 Å². The van der Waals surface area contributed by atoms with E-state index in [2.05, 4.69) is 0 Å². The lowest BCUT2D eigenvalue weighted by molar-refractivity contribution is -0.385. The molecule has 0 saturated carbocycles. The fraction of sp³-hybridized carbons (Fsp3) is 0.0714. The number of ether oxygens (including phenoxy) is 1. The Kier molecular flexibility index (Phi) is 3.62. The fourth-order valence-electron chi connectivity index (χ4n) is 1.66. The number of halogens is 1. The standard InChI is InChI=1S/C14H9FN2O3/c1-9-2-4-13(10(6-9)8-16)20-14-5-3-11(15)7-12(14)17(18)19/h2-7H,1H3. The second-order valence-electron chi connectivity index (χ2n) is 4.08. The van der Waals surface area contributed by atoms with Gasteiger partial charge in [-0.2, -0.15) is 5.26 Å². The lowest BCUT2D eigenvalue weighted by atomic mass is 10.1. The second kappa shape index (κ2) is 5.36. The molecule has 100 valence electrons. The van der Waals surface area contributed by atoms with Gasteiger partial charge < -0.3 is 4.74 Å². The van der Waals surface area contributed by atoms with Crippen LogP contribution in [0.2, 0.25) is 0 Å². The van der Waals surface area contributed by atoms with E-state index in [0.29, 0.717) is 0 Å². The second-order valence-corrected chi connectivity index (χ2v) is 4.08. The van der Waals surface area contributed by atoms with Crippen LogP contribution in [-0.2, 0) is 0 Å². The number of rotatable bonds is 3. The number of hydrogen-bond acceptors (Lipinski definition) is 4. The van der Waals surface area contributed by atoms with Crippen molar-refractivity contribution < 1.29 is 14.1 Å². The van der Waals surface area contributed by atoms with E-state index in [1.54, 1.807) is 18.2 Å². The van der Waals surface area contributed by atoms with Crippen molar-refractivity contribution in [2.45, 2.75) is 6.92 Å². The van der Waals surface area contributed by atoms with E-state index in [1.807, 2.05) is 13.0 Å². The maximum absolute atomic E-state index is 13.0. The van der Waals surface area contributed by atoms with E-state index in [1.165, 1.54) is 0 Å². The van der Waals surface area contributed by atoms with Gasteiger partial charge in [-0.1, -0.05) is 6.07 Å². The van der Waals surface area contributed by atoms with Crippen LogP contribution in [0.4, 0.5) is 10.1 Å².